The first-order valence-corrected chi connectivity index (χ1v) is 2.10. The molecule has 0 aromatic heterocycles. The Hall–Kier alpha value is 1.00. The summed E-state index contributed by atoms with van der Waals surface area (Å²) in [5.74, 6) is -0.853. The number of aliphatic hydroxyl groups is 1. The molecule has 0 aromatic carbocycles. The number of rotatable bonds is 3. The van der Waals surface area contributed by atoms with Gasteiger partial charge in [-0.2, -0.15) is 0 Å². The molecule has 2 N–H and O–H groups in total. The molecule has 4 heteroatoms. The van der Waals surface area contributed by atoms with Gasteiger partial charge in [0.05, 0.1) is 0 Å². The van der Waals surface area contributed by atoms with Gasteiger partial charge >= 0.3 is 54.9 Å². The van der Waals surface area contributed by atoms with Crippen molar-refractivity contribution in [2.45, 2.75) is 12.8 Å². The van der Waals surface area contributed by atoms with Crippen molar-refractivity contribution in [1.82, 2.24) is 0 Å². The van der Waals surface area contributed by atoms with Crippen LogP contribution in [0.15, 0.2) is 0 Å². The fourth-order valence-electron chi connectivity index (χ4n) is 0.230. The molecule has 0 rings (SSSR count). The Balaban J connectivity index is 0. The topological polar surface area (TPSA) is 57.5 Å². The Morgan fingerprint density at radius 2 is 2.00 bits per heavy atom. The van der Waals surface area contributed by atoms with E-state index >= 15 is 0 Å². The van der Waals surface area contributed by atoms with E-state index in [-0.39, 0.29) is 61.9 Å². The van der Waals surface area contributed by atoms with Gasteiger partial charge in [0.1, 0.15) is 0 Å². The van der Waals surface area contributed by atoms with E-state index in [0.717, 1.165) is 0 Å². The molecule has 0 radical (unpaired) electrons. The standard InChI is InChI=1S/C4H8O3.Ba.2H/c5-3-1-2-4(6)7;;;/h5H,1-3H2,(H,6,7);;;. The summed E-state index contributed by atoms with van der Waals surface area (Å²) in [5, 5.41) is 16.0. The number of carbonyl (C=O) groups is 1. The molecule has 8 heavy (non-hydrogen) atoms. The molecule has 0 unspecified atom stereocenters. The molecule has 0 heterocycles. The molecular formula is C4H10BaO3. The first-order chi connectivity index (χ1) is 3.27. The van der Waals surface area contributed by atoms with Gasteiger partial charge in [0, 0.05) is 13.0 Å². The average Bonchev–Trinajstić information content (AvgIpc) is 1.61. The fourth-order valence-corrected chi connectivity index (χ4v) is 0.230. The van der Waals surface area contributed by atoms with Gasteiger partial charge < -0.3 is 10.2 Å². The van der Waals surface area contributed by atoms with E-state index in [4.69, 9.17) is 10.2 Å². The summed E-state index contributed by atoms with van der Waals surface area (Å²) in [6, 6.07) is 0. The molecule has 0 saturated carbocycles. The van der Waals surface area contributed by atoms with Crippen LogP contribution >= 0.6 is 0 Å². The van der Waals surface area contributed by atoms with Crippen molar-refractivity contribution in [3.8, 4) is 0 Å². The Morgan fingerprint density at radius 3 is 2.12 bits per heavy atom. The summed E-state index contributed by atoms with van der Waals surface area (Å²) >= 11 is 0. The Bertz CT molecular complexity index is 64.3. The summed E-state index contributed by atoms with van der Waals surface area (Å²) in [5.41, 5.74) is 0. The molecule has 46 valence electrons. The first kappa shape index (κ1) is 11.8. The van der Waals surface area contributed by atoms with Crippen molar-refractivity contribution in [3.05, 3.63) is 0 Å². The first-order valence-electron chi connectivity index (χ1n) is 2.10. The molecule has 0 atom stereocenters. The Kier molecular flexibility index (Phi) is 11.8. The van der Waals surface area contributed by atoms with Crippen LogP contribution in [-0.2, 0) is 4.79 Å². The molecule has 0 amide bonds. The third-order valence-electron chi connectivity index (χ3n) is 0.549. The maximum absolute atomic E-state index is 9.65. The quantitative estimate of drug-likeness (QED) is 0.621. The van der Waals surface area contributed by atoms with Crippen molar-refractivity contribution in [2.24, 2.45) is 0 Å². The van der Waals surface area contributed by atoms with Gasteiger partial charge in [0.2, 0.25) is 0 Å². The number of hydrogen-bond donors (Lipinski definition) is 2. The second kappa shape index (κ2) is 8.00. The van der Waals surface area contributed by atoms with Crippen LogP contribution in [0.25, 0.3) is 0 Å². The van der Waals surface area contributed by atoms with E-state index in [9.17, 15) is 4.79 Å². The molecule has 3 nitrogen and oxygen atoms in total. The number of aliphatic carboxylic acids is 1. The van der Waals surface area contributed by atoms with Gasteiger partial charge in [-0.1, -0.05) is 0 Å². The van der Waals surface area contributed by atoms with Gasteiger partial charge in [-0.3, -0.25) is 4.79 Å². The van der Waals surface area contributed by atoms with Crippen LogP contribution in [0.2, 0.25) is 0 Å². The third kappa shape index (κ3) is 10.1. The van der Waals surface area contributed by atoms with Crippen molar-refractivity contribution < 1.29 is 15.0 Å². The second-order valence-corrected chi connectivity index (χ2v) is 1.22. The number of carboxylic acids is 1. The molecule has 0 bridgehead atoms. The zero-order valence-electron chi connectivity index (χ0n) is 3.92. The zero-order valence-corrected chi connectivity index (χ0v) is 3.92. The molecule has 0 aromatic rings. The average molecular weight is 243 g/mol. The van der Waals surface area contributed by atoms with Crippen LogP contribution < -0.4 is 0 Å². The summed E-state index contributed by atoms with van der Waals surface area (Å²) in [7, 11) is 0. The maximum atomic E-state index is 9.65. The van der Waals surface area contributed by atoms with E-state index in [0.29, 0.717) is 6.42 Å². The fraction of sp³-hybridized carbons (Fsp3) is 0.750. The van der Waals surface area contributed by atoms with Crippen LogP contribution in [0.4, 0.5) is 0 Å². The molecule has 0 aliphatic rings. The molecule has 0 spiro atoms. The number of aliphatic hydroxyl groups excluding tert-OH is 1. The van der Waals surface area contributed by atoms with Gasteiger partial charge in [0.25, 0.3) is 0 Å². The van der Waals surface area contributed by atoms with Crippen molar-refractivity contribution in [3.63, 3.8) is 0 Å². The zero-order chi connectivity index (χ0) is 5.70. The van der Waals surface area contributed by atoms with Crippen LogP contribution in [0.5, 0.6) is 0 Å². The van der Waals surface area contributed by atoms with Gasteiger partial charge in [-0.25, -0.2) is 0 Å². The van der Waals surface area contributed by atoms with Crippen LogP contribution in [0.1, 0.15) is 12.8 Å². The minimum atomic E-state index is -0.853. The SMILES string of the molecule is O=C(O)CCCO.[BaH2]. The van der Waals surface area contributed by atoms with E-state index in [2.05, 4.69) is 0 Å². The second-order valence-electron chi connectivity index (χ2n) is 1.22. The van der Waals surface area contributed by atoms with Crippen molar-refractivity contribution in [1.29, 1.82) is 0 Å². The van der Waals surface area contributed by atoms with Crippen LogP contribution in [0.3, 0.4) is 0 Å². The predicted octanol–water partition coefficient (Wildman–Crippen LogP) is -1.07. The molecule has 0 fully saturated rings. The summed E-state index contributed by atoms with van der Waals surface area (Å²) in [6.45, 7) is -0.0354. The van der Waals surface area contributed by atoms with E-state index < -0.39 is 5.97 Å². The van der Waals surface area contributed by atoms with Gasteiger partial charge in [0.15, 0.2) is 0 Å². The summed E-state index contributed by atoms with van der Waals surface area (Å²) in [6.07, 6.45) is 0.422. The van der Waals surface area contributed by atoms with E-state index in [1.54, 1.807) is 0 Å². The van der Waals surface area contributed by atoms with E-state index in [1.165, 1.54) is 0 Å². The van der Waals surface area contributed by atoms with E-state index in [1.807, 2.05) is 0 Å². The molecule has 0 aliphatic carbocycles. The van der Waals surface area contributed by atoms with Crippen LogP contribution in [-0.4, -0.2) is 71.7 Å². The van der Waals surface area contributed by atoms with Crippen molar-refractivity contribution in [2.75, 3.05) is 6.61 Å². The monoisotopic (exact) mass is 244 g/mol. The van der Waals surface area contributed by atoms with Gasteiger partial charge in [-0.15, -0.1) is 0 Å². The van der Waals surface area contributed by atoms with Gasteiger partial charge in [-0.05, 0) is 6.42 Å². The number of hydrogen-bond acceptors (Lipinski definition) is 2. The third-order valence-corrected chi connectivity index (χ3v) is 0.549. The Labute approximate surface area is 88.2 Å². The van der Waals surface area contributed by atoms with Crippen molar-refractivity contribution >= 4 is 54.9 Å². The predicted molar refractivity (Wildman–Crippen MR) is 32.5 cm³/mol. The summed E-state index contributed by atoms with van der Waals surface area (Å²) < 4.78 is 0. The van der Waals surface area contributed by atoms with Crippen LogP contribution in [0, 0.1) is 0 Å². The summed E-state index contributed by atoms with van der Waals surface area (Å²) in [4.78, 5) is 9.65. The minimum absolute atomic E-state index is 0. The molecular weight excluding hydrogens is 233 g/mol. The molecule has 0 aliphatic heterocycles. The molecule has 0 saturated heterocycles. The normalized spacial score (nSPS) is 7.62. The Morgan fingerprint density at radius 1 is 1.50 bits per heavy atom. The number of carboxylic acid groups (broad SMARTS) is 1.